The summed E-state index contributed by atoms with van der Waals surface area (Å²) >= 11 is 0. The molecule has 0 aliphatic heterocycles. The number of aliphatic carboxylic acids is 1. The van der Waals surface area contributed by atoms with E-state index in [9.17, 15) is 9.59 Å². The van der Waals surface area contributed by atoms with Gasteiger partial charge < -0.3 is 15.0 Å². The number of hydrogen-bond acceptors (Lipinski definition) is 4. The molecule has 0 aromatic carbocycles. The molecule has 100 valence electrons. The summed E-state index contributed by atoms with van der Waals surface area (Å²) in [5.41, 5.74) is 0. The van der Waals surface area contributed by atoms with Gasteiger partial charge in [-0.05, 0) is 7.05 Å². The lowest BCUT2D eigenvalue weighted by Crippen LogP contribution is -2.46. The SMILES string of the molecule is CC(=O)NC(CN(C)Cc1nccn1C)C(=O)O. The Bertz CT molecular complexity index is 430. The van der Waals surface area contributed by atoms with Gasteiger partial charge in [0.1, 0.15) is 11.9 Å². The molecule has 1 amide bonds. The van der Waals surface area contributed by atoms with Gasteiger partial charge in [0.15, 0.2) is 0 Å². The van der Waals surface area contributed by atoms with E-state index in [2.05, 4.69) is 10.3 Å². The fourth-order valence-electron chi connectivity index (χ4n) is 1.60. The van der Waals surface area contributed by atoms with Crippen LogP contribution in [-0.4, -0.2) is 51.1 Å². The topological polar surface area (TPSA) is 87.5 Å². The average Bonchev–Trinajstić information content (AvgIpc) is 2.62. The summed E-state index contributed by atoms with van der Waals surface area (Å²) in [5.74, 6) is -0.561. The summed E-state index contributed by atoms with van der Waals surface area (Å²) in [6.45, 7) is 2.04. The highest BCUT2D eigenvalue weighted by Gasteiger charge is 2.20. The Kier molecular flexibility index (Phi) is 4.85. The molecule has 0 radical (unpaired) electrons. The summed E-state index contributed by atoms with van der Waals surface area (Å²) in [7, 11) is 3.66. The van der Waals surface area contributed by atoms with E-state index >= 15 is 0 Å². The predicted molar refractivity (Wildman–Crippen MR) is 64.8 cm³/mol. The Hall–Kier alpha value is -1.89. The number of aromatic nitrogens is 2. The van der Waals surface area contributed by atoms with Crippen LogP contribution in [0.1, 0.15) is 12.7 Å². The Morgan fingerprint density at radius 3 is 2.72 bits per heavy atom. The Balaban J connectivity index is 2.56. The molecule has 1 atom stereocenters. The Morgan fingerprint density at radius 2 is 2.28 bits per heavy atom. The normalized spacial score (nSPS) is 12.4. The summed E-state index contributed by atoms with van der Waals surface area (Å²) in [6, 6.07) is -0.909. The molecular formula is C11H18N4O3. The van der Waals surface area contributed by atoms with Gasteiger partial charge in [0, 0.05) is 32.9 Å². The van der Waals surface area contributed by atoms with Crippen LogP contribution < -0.4 is 5.32 Å². The third-order valence-corrected chi connectivity index (χ3v) is 2.50. The number of carboxylic acids is 1. The van der Waals surface area contributed by atoms with Crippen molar-refractivity contribution in [1.82, 2.24) is 19.8 Å². The van der Waals surface area contributed by atoms with Crippen LogP contribution in [0.25, 0.3) is 0 Å². The van der Waals surface area contributed by atoms with E-state index in [1.54, 1.807) is 18.1 Å². The number of carbonyl (C=O) groups is 2. The van der Waals surface area contributed by atoms with Crippen LogP contribution in [0.2, 0.25) is 0 Å². The number of hydrogen-bond donors (Lipinski definition) is 2. The molecule has 18 heavy (non-hydrogen) atoms. The van der Waals surface area contributed by atoms with Gasteiger partial charge in [0.25, 0.3) is 0 Å². The predicted octanol–water partition coefficient (Wildman–Crippen LogP) is -0.559. The fraction of sp³-hybridized carbons (Fsp3) is 0.545. The van der Waals surface area contributed by atoms with Crippen molar-refractivity contribution >= 4 is 11.9 Å². The molecule has 1 aromatic heterocycles. The van der Waals surface area contributed by atoms with Crippen molar-refractivity contribution in [2.24, 2.45) is 7.05 Å². The summed E-state index contributed by atoms with van der Waals surface area (Å²) in [4.78, 5) is 27.8. The molecule has 0 saturated heterocycles. The maximum absolute atomic E-state index is 11.0. The summed E-state index contributed by atoms with van der Waals surface area (Å²) in [5, 5.41) is 11.4. The number of rotatable bonds is 6. The van der Waals surface area contributed by atoms with E-state index in [1.807, 2.05) is 17.8 Å². The minimum absolute atomic E-state index is 0.224. The monoisotopic (exact) mass is 254 g/mol. The van der Waals surface area contributed by atoms with Crippen LogP contribution in [0.4, 0.5) is 0 Å². The molecule has 1 heterocycles. The lowest BCUT2D eigenvalue weighted by Gasteiger charge is -2.21. The zero-order valence-corrected chi connectivity index (χ0v) is 10.8. The minimum Gasteiger partial charge on any atom is -0.480 e. The Morgan fingerprint density at radius 1 is 1.61 bits per heavy atom. The second kappa shape index (κ2) is 6.15. The van der Waals surface area contributed by atoms with Gasteiger partial charge in [-0.25, -0.2) is 9.78 Å². The smallest absolute Gasteiger partial charge is 0.327 e. The summed E-state index contributed by atoms with van der Waals surface area (Å²) in [6.07, 6.45) is 3.51. The molecule has 7 nitrogen and oxygen atoms in total. The van der Waals surface area contributed by atoms with E-state index in [0.717, 1.165) is 5.82 Å². The first-order valence-corrected chi connectivity index (χ1v) is 5.54. The van der Waals surface area contributed by atoms with Gasteiger partial charge in [0.2, 0.25) is 5.91 Å². The van der Waals surface area contributed by atoms with E-state index in [-0.39, 0.29) is 12.5 Å². The first kappa shape index (κ1) is 14.2. The Labute approximate surface area is 105 Å². The van der Waals surface area contributed by atoms with Crippen LogP contribution in [0.15, 0.2) is 12.4 Å². The van der Waals surface area contributed by atoms with Crippen molar-refractivity contribution in [1.29, 1.82) is 0 Å². The average molecular weight is 254 g/mol. The molecule has 0 fully saturated rings. The van der Waals surface area contributed by atoms with Crippen molar-refractivity contribution in [2.75, 3.05) is 13.6 Å². The third kappa shape index (κ3) is 4.17. The van der Waals surface area contributed by atoms with E-state index in [1.165, 1.54) is 6.92 Å². The number of carbonyl (C=O) groups excluding carboxylic acids is 1. The lowest BCUT2D eigenvalue weighted by atomic mass is 10.2. The van der Waals surface area contributed by atoms with Crippen molar-refractivity contribution in [3.63, 3.8) is 0 Å². The first-order valence-electron chi connectivity index (χ1n) is 5.54. The highest BCUT2D eigenvalue weighted by atomic mass is 16.4. The maximum atomic E-state index is 11.0. The molecule has 1 aromatic rings. The quantitative estimate of drug-likeness (QED) is 0.710. The minimum atomic E-state index is -1.04. The van der Waals surface area contributed by atoms with Crippen molar-refractivity contribution in [3.8, 4) is 0 Å². The van der Waals surface area contributed by atoms with Crippen molar-refractivity contribution in [3.05, 3.63) is 18.2 Å². The lowest BCUT2D eigenvalue weighted by molar-refractivity contribution is -0.142. The highest BCUT2D eigenvalue weighted by molar-refractivity contribution is 5.82. The van der Waals surface area contributed by atoms with E-state index < -0.39 is 12.0 Å². The molecule has 2 N–H and O–H groups in total. The van der Waals surface area contributed by atoms with Crippen LogP contribution >= 0.6 is 0 Å². The third-order valence-electron chi connectivity index (χ3n) is 2.50. The van der Waals surface area contributed by atoms with Gasteiger partial charge in [-0.3, -0.25) is 9.69 Å². The van der Waals surface area contributed by atoms with Crippen molar-refractivity contribution < 1.29 is 14.7 Å². The van der Waals surface area contributed by atoms with Gasteiger partial charge in [-0.15, -0.1) is 0 Å². The summed E-state index contributed by atoms with van der Waals surface area (Å²) < 4.78 is 1.87. The molecule has 0 saturated carbocycles. The molecule has 0 spiro atoms. The van der Waals surface area contributed by atoms with Crippen LogP contribution in [0, 0.1) is 0 Å². The van der Waals surface area contributed by atoms with Crippen LogP contribution in [-0.2, 0) is 23.2 Å². The molecule has 1 unspecified atom stereocenters. The molecule has 0 aliphatic carbocycles. The van der Waals surface area contributed by atoms with Crippen LogP contribution in [0.5, 0.6) is 0 Å². The number of nitrogens with zero attached hydrogens (tertiary/aromatic N) is 3. The standard InChI is InChI=1S/C11H18N4O3/c1-8(16)13-9(11(17)18)6-14(2)7-10-12-4-5-15(10)3/h4-5,9H,6-7H2,1-3H3,(H,13,16)(H,17,18). The van der Waals surface area contributed by atoms with Gasteiger partial charge in [-0.2, -0.15) is 0 Å². The van der Waals surface area contributed by atoms with Crippen LogP contribution in [0.3, 0.4) is 0 Å². The second-order valence-electron chi connectivity index (χ2n) is 4.24. The number of likely N-dealkylation sites (N-methyl/N-ethyl adjacent to an activating group) is 1. The first-order chi connectivity index (χ1) is 8.40. The van der Waals surface area contributed by atoms with Gasteiger partial charge in [0.05, 0.1) is 6.54 Å². The number of nitrogens with one attached hydrogen (secondary N) is 1. The molecule has 1 rings (SSSR count). The number of imidazole rings is 1. The number of carboxylic acid groups (broad SMARTS) is 1. The van der Waals surface area contributed by atoms with E-state index in [4.69, 9.17) is 5.11 Å². The highest BCUT2D eigenvalue weighted by Crippen LogP contribution is 2.00. The number of aryl methyl sites for hydroxylation is 1. The van der Waals surface area contributed by atoms with Gasteiger partial charge in [-0.1, -0.05) is 0 Å². The maximum Gasteiger partial charge on any atom is 0.327 e. The molecule has 0 bridgehead atoms. The van der Waals surface area contributed by atoms with Gasteiger partial charge >= 0.3 is 5.97 Å². The largest absolute Gasteiger partial charge is 0.480 e. The fourth-order valence-corrected chi connectivity index (χ4v) is 1.60. The zero-order chi connectivity index (χ0) is 13.7. The molecular weight excluding hydrogens is 236 g/mol. The molecule has 7 heteroatoms. The molecule has 0 aliphatic rings. The second-order valence-corrected chi connectivity index (χ2v) is 4.24. The number of amides is 1. The van der Waals surface area contributed by atoms with E-state index in [0.29, 0.717) is 6.54 Å². The zero-order valence-electron chi connectivity index (χ0n) is 10.8. The van der Waals surface area contributed by atoms with Crippen molar-refractivity contribution in [2.45, 2.75) is 19.5 Å².